The van der Waals surface area contributed by atoms with Gasteiger partial charge < -0.3 is 14.5 Å². The molecule has 0 saturated carbocycles. The predicted molar refractivity (Wildman–Crippen MR) is 99.4 cm³/mol. The number of hydrogen-bond donors (Lipinski definition) is 0. The van der Waals surface area contributed by atoms with Crippen LogP contribution < -0.4 is 4.74 Å². The Labute approximate surface area is 150 Å². The first kappa shape index (κ1) is 17.9. The second-order valence-electron chi connectivity index (χ2n) is 6.77. The van der Waals surface area contributed by atoms with E-state index in [9.17, 15) is 4.39 Å². The maximum atomic E-state index is 13.0. The molecule has 25 heavy (non-hydrogen) atoms. The topological polar surface area (TPSA) is 15.7 Å². The lowest BCUT2D eigenvalue weighted by molar-refractivity contribution is 0.153. The van der Waals surface area contributed by atoms with E-state index in [0.717, 1.165) is 43.8 Å². The van der Waals surface area contributed by atoms with E-state index >= 15 is 0 Å². The van der Waals surface area contributed by atoms with Crippen molar-refractivity contribution in [1.29, 1.82) is 0 Å². The Morgan fingerprint density at radius 1 is 0.960 bits per heavy atom. The van der Waals surface area contributed by atoms with Crippen LogP contribution in [-0.2, 0) is 13.0 Å². The second kappa shape index (κ2) is 8.97. The maximum Gasteiger partial charge on any atom is 0.123 e. The van der Waals surface area contributed by atoms with Crippen molar-refractivity contribution in [2.24, 2.45) is 0 Å². The quantitative estimate of drug-likeness (QED) is 0.765. The Balaban J connectivity index is 1.49. The largest absolute Gasteiger partial charge is 0.489 e. The van der Waals surface area contributed by atoms with Crippen LogP contribution in [-0.4, -0.2) is 49.6 Å². The summed E-state index contributed by atoms with van der Waals surface area (Å²) in [6.45, 7) is 6.27. The van der Waals surface area contributed by atoms with E-state index in [1.807, 2.05) is 12.1 Å². The van der Waals surface area contributed by atoms with Gasteiger partial charge in [0.15, 0.2) is 0 Å². The summed E-state index contributed by atoms with van der Waals surface area (Å²) < 4.78 is 19.0. The second-order valence-corrected chi connectivity index (χ2v) is 6.77. The van der Waals surface area contributed by atoms with Crippen LogP contribution in [0.1, 0.15) is 17.5 Å². The zero-order valence-corrected chi connectivity index (χ0v) is 15.0. The van der Waals surface area contributed by atoms with Crippen LogP contribution in [0, 0.1) is 5.82 Å². The van der Waals surface area contributed by atoms with Crippen LogP contribution in [0.15, 0.2) is 48.5 Å². The molecule has 2 aromatic rings. The van der Waals surface area contributed by atoms with Gasteiger partial charge in [-0.2, -0.15) is 0 Å². The van der Waals surface area contributed by atoms with Gasteiger partial charge in [-0.1, -0.05) is 30.3 Å². The molecule has 0 aromatic heterocycles. The van der Waals surface area contributed by atoms with Gasteiger partial charge in [-0.05, 0) is 55.8 Å². The van der Waals surface area contributed by atoms with Crippen LogP contribution >= 0.6 is 0 Å². The lowest BCUT2D eigenvalue weighted by Crippen LogP contribution is -2.44. The standard InChI is InChI=1S/C21H27FN2O/c1-23-13-15-24(16-14-23)12-4-6-19-5-2-3-7-21(19)25-17-18-8-10-20(22)11-9-18/h2-3,5,7-11H,4,6,12-17H2,1H3. The van der Waals surface area contributed by atoms with Gasteiger partial charge in [0.05, 0.1) is 0 Å². The summed E-state index contributed by atoms with van der Waals surface area (Å²) >= 11 is 0. The minimum Gasteiger partial charge on any atom is -0.489 e. The van der Waals surface area contributed by atoms with Gasteiger partial charge in [0.25, 0.3) is 0 Å². The number of likely N-dealkylation sites (N-methyl/N-ethyl adjacent to an activating group) is 1. The molecule has 0 atom stereocenters. The zero-order valence-electron chi connectivity index (χ0n) is 15.0. The van der Waals surface area contributed by atoms with Crippen molar-refractivity contribution >= 4 is 0 Å². The van der Waals surface area contributed by atoms with E-state index < -0.39 is 0 Å². The molecule has 1 saturated heterocycles. The number of hydrogen-bond acceptors (Lipinski definition) is 3. The van der Waals surface area contributed by atoms with E-state index in [-0.39, 0.29) is 5.82 Å². The van der Waals surface area contributed by atoms with Crippen LogP contribution in [0.25, 0.3) is 0 Å². The Kier molecular flexibility index (Phi) is 6.42. The summed E-state index contributed by atoms with van der Waals surface area (Å²) in [5, 5.41) is 0. The Morgan fingerprint density at radius 3 is 2.44 bits per heavy atom. The molecule has 0 unspecified atom stereocenters. The van der Waals surface area contributed by atoms with E-state index in [4.69, 9.17) is 4.74 Å². The maximum absolute atomic E-state index is 13.0. The summed E-state index contributed by atoms with van der Waals surface area (Å²) in [7, 11) is 2.19. The number of ether oxygens (including phenoxy) is 1. The van der Waals surface area contributed by atoms with Crippen LogP contribution in [0.4, 0.5) is 4.39 Å². The minimum atomic E-state index is -0.215. The van der Waals surface area contributed by atoms with E-state index in [2.05, 4.69) is 29.0 Å². The molecule has 4 heteroatoms. The summed E-state index contributed by atoms with van der Waals surface area (Å²) in [6.07, 6.45) is 2.16. The van der Waals surface area contributed by atoms with E-state index in [1.165, 1.54) is 30.8 Å². The summed E-state index contributed by atoms with van der Waals surface area (Å²) in [5.74, 6) is 0.721. The molecule has 0 radical (unpaired) electrons. The fraction of sp³-hybridized carbons (Fsp3) is 0.429. The number of aryl methyl sites for hydroxylation is 1. The molecular weight excluding hydrogens is 315 g/mol. The number of rotatable bonds is 7. The van der Waals surface area contributed by atoms with Crippen LogP contribution in [0.5, 0.6) is 5.75 Å². The van der Waals surface area contributed by atoms with E-state index in [1.54, 1.807) is 12.1 Å². The molecule has 1 fully saturated rings. The third-order valence-corrected chi connectivity index (χ3v) is 4.80. The highest BCUT2D eigenvalue weighted by atomic mass is 19.1. The smallest absolute Gasteiger partial charge is 0.123 e. The molecular formula is C21H27FN2O. The Morgan fingerprint density at radius 2 is 1.68 bits per heavy atom. The van der Waals surface area contributed by atoms with Crippen molar-refractivity contribution in [1.82, 2.24) is 9.80 Å². The Hall–Kier alpha value is -1.91. The molecule has 0 amide bonds. The molecule has 2 aromatic carbocycles. The van der Waals surface area contributed by atoms with Gasteiger partial charge in [-0.3, -0.25) is 0 Å². The normalized spacial score (nSPS) is 16.1. The van der Waals surface area contributed by atoms with Crippen molar-refractivity contribution in [3.63, 3.8) is 0 Å². The van der Waals surface area contributed by atoms with Crippen molar-refractivity contribution in [2.45, 2.75) is 19.4 Å². The molecule has 1 heterocycles. The third kappa shape index (κ3) is 5.55. The number of piperazine rings is 1. The van der Waals surface area contributed by atoms with E-state index in [0.29, 0.717) is 6.61 Å². The first-order valence-corrected chi connectivity index (χ1v) is 9.07. The molecule has 1 aliphatic heterocycles. The lowest BCUT2D eigenvalue weighted by atomic mass is 10.1. The summed E-state index contributed by atoms with van der Waals surface area (Å²) in [5.41, 5.74) is 2.23. The molecule has 3 rings (SSSR count). The predicted octanol–water partition coefficient (Wildman–Crippen LogP) is 3.58. The number of nitrogens with zero attached hydrogens (tertiary/aromatic N) is 2. The molecule has 1 aliphatic rings. The minimum absolute atomic E-state index is 0.215. The Bertz CT molecular complexity index is 651. The highest BCUT2D eigenvalue weighted by Crippen LogP contribution is 2.21. The summed E-state index contributed by atoms with van der Waals surface area (Å²) in [6, 6.07) is 14.7. The first-order chi connectivity index (χ1) is 12.2. The highest BCUT2D eigenvalue weighted by molar-refractivity contribution is 5.33. The highest BCUT2D eigenvalue weighted by Gasteiger charge is 2.13. The number of halogens is 1. The number of para-hydroxylation sites is 1. The average Bonchev–Trinajstić information content (AvgIpc) is 2.64. The molecule has 0 aliphatic carbocycles. The van der Waals surface area contributed by atoms with Crippen LogP contribution in [0.3, 0.4) is 0 Å². The SMILES string of the molecule is CN1CCN(CCCc2ccccc2OCc2ccc(F)cc2)CC1. The molecule has 0 N–H and O–H groups in total. The van der Waals surface area contributed by atoms with Crippen molar-refractivity contribution < 1.29 is 9.13 Å². The fourth-order valence-corrected chi connectivity index (χ4v) is 3.16. The molecule has 0 spiro atoms. The fourth-order valence-electron chi connectivity index (χ4n) is 3.16. The molecule has 3 nitrogen and oxygen atoms in total. The van der Waals surface area contributed by atoms with Crippen molar-refractivity contribution in [3.05, 3.63) is 65.5 Å². The van der Waals surface area contributed by atoms with Gasteiger partial charge in [0.2, 0.25) is 0 Å². The molecule has 0 bridgehead atoms. The molecule has 134 valence electrons. The third-order valence-electron chi connectivity index (χ3n) is 4.80. The summed E-state index contributed by atoms with van der Waals surface area (Å²) in [4.78, 5) is 4.93. The number of benzene rings is 2. The van der Waals surface area contributed by atoms with Crippen molar-refractivity contribution in [2.75, 3.05) is 39.8 Å². The average molecular weight is 342 g/mol. The van der Waals surface area contributed by atoms with Crippen molar-refractivity contribution in [3.8, 4) is 5.75 Å². The van der Waals surface area contributed by atoms with Gasteiger partial charge in [0.1, 0.15) is 18.2 Å². The zero-order chi connectivity index (χ0) is 17.5. The van der Waals surface area contributed by atoms with Gasteiger partial charge >= 0.3 is 0 Å². The van der Waals surface area contributed by atoms with Crippen LogP contribution in [0.2, 0.25) is 0 Å². The first-order valence-electron chi connectivity index (χ1n) is 9.07. The lowest BCUT2D eigenvalue weighted by Gasteiger charge is -2.32. The van der Waals surface area contributed by atoms with Gasteiger partial charge in [-0.15, -0.1) is 0 Å². The monoisotopic (exact) mass is 342 g/mol. The van der Waals surface area contributed by atoms with Gasteiger partial charge in [0, 0.05) is 26.2 Å². The van der Waals surface area contributed by atoms with Gasteiger partial charge in [-0.25, -0.2) is 4.39 Å².